The molecular formula is C17H21ClN2O2. The fraction of sp³-hybridized carbons (Fsp3) is 0.471. The van der Waals surface area contributed by atoms with Crippen LogP contribution in [0.15, 0.2) is 30.5 Å². The second kappa shape index (κ2) is 7.88. The van der Waals surface area contributed by atoms with Crippen molar-refractivity contribution in [3.8, 4) is 0 Å². The molecule has 22 heavy (non-hydrogen) atoms. The highest BCUT2D eigenvalue weighted by Crippen LogP contribution is 2.22. The SMILES string of the molecule is Clc1cc(CNCCCO[C@H]2CCOC2)c2ncccc2c1. The van der Waals surface area contributed by atoms with Crippen LogP contribution in [-0.2, 0) is 16.0 Å². The van der Waals surface area contributed by atoms with Crippen LogP contribution < -0.4 is 5.32 Å². The Kier molecular flexibility index (Phi) is 5.62. The molecule has 0 unspecified atom stereocenters. The van der Waals surface area contributed by atoms with Crippen LogP contribution >= 0.6 is 11.6 Å². The van der Waals surface area contributed by atoms with E-state index in [4.69, 9.17) is 21.1 Å². The van der Waals surface area contributed by atoms with E-state index in [0.29, 0.717) is 6.10 Å². The largest absolute Gasteiger partial charge is 0.379 e. The van der Waals surface area contributed by atoms with E-state index >= 15 is 0 Å². The molecule has 3 rings (SSSR count). The van der Waals surface area contributed by atoms with Crippen LogP contribution in [0.2, 0.25) is 5.02 Å². The van der Waals surface area contributed by atoms with Gasteiger partial charge in [-0.15, -0.1) is 0 Å². The molecule has 0 radical (unpaired) electrons. The Morgan fingerprint density at radius 3 is 3.23 bits per heavy atom. The zero-order valence-electron chi connectivity index (χ0n) is 12.6. The summed E-state index contributed by atoms with van der Waals surface area (Å²) in [5, 5.41) is 5.27. The van der Waals surface area contributed by atoms with Gasteiger partial charge in [-0.25, -0.2) is 0 Å². The van der Waals surface area contributed by atoms with Crippen molar-refractivity contribution in [3.05, 3.63) is 41.0 Å². The van der Waals surface area contributed by atoms with Crippen molar-refractivity contribution in [2.45, 2.75) is 25.5 Å². The average Bonchev–Trinajstić information content (AvgIpc) is 3.03. The minimum absolute atomic E-state index is 0.293. The van der Waals surface area contributed by atoms with Gasteiger partial charge in [0.25, 0.3) is 0 Å². The quantitative estimate of drug-likeness (QED) is 0.796. The number of nitrogens with one attached hydrogen (secondary N) is 1. The highest BCUT2D eigenvalue weighted by Gasteiger charge is 2.15. The first-order chi connectivity index (χ1) is 10.8. The summed E-state index contributed by atoms with van der Waals surface area (Å²) in [4.78, 5) is 4.45. The van der Waals surface area contributed by atoms with Crippen molar-refractivity contribution >= 4 is 22.5 Å². The summed E-state index contributed by atoms with van der Waals surface area (Å²) in [5.74, 6) is 0. The van der Waals surface area contributed by atoms with Gasteiger partial charge in [0, 0.05) is 36.4 Å². The highest BCUT2D eigenvalue weighted by atomic mass is 35.5. The summed E-state index contributed by atoms with van der Waals surface area (Å²) in [6.07, 6.45) is 4.12. The fourth-order valence-corrected chi connectivity index (χ4v) is 2.93. The number of rotatable bonds is 7. The lowest BCUT2D eigenvalue weighted by molar-refractivity contribution is 0.0416. The van der Waals surface area contributed by atoms with Crippen LogP contribution in [0.1, 0.15) is 18.4 Å². The number of fused-ring (bicyclic) bond motifs is 1. The van der Waals surface area contributed by atoms with Gasteiger partial charge in [-0.3, -0.25) is 4.98 Å². The molecule has 1 N–H and O–H groups in total. The van der Waals surface area contributed by atoms with Crippen LogP contribution in [0.3, 0.4) is 0 Å². The van der Waals surface area contributed by atoms with E-state index in [1.54, 1.807) is 0 Å². The molecule has 5 heteroatoms. The molecule has 0 saturated carbocycles. The van der Waals surface area contributed by atoms with Crippen LogP contribution in [0.4, 0.5) is 0 Å². The molecule has 2 aromatic rings. The van der Waals surface area contributed by atoms with Crippen LogP contribution in [0.5, 0.6) is 0 Å². The van der Waals surface area contributed by atoms with Crippen LogP contribution in [-0.4, -0.2) is 37.5 Å². The van der Waals surface area contributed by atoms with E-state index in [2.05, 4.69) is 10.3 Å². The topological polar surface area (TPSA) is 43.4 Å². The fourth-order valence-electron chi connectivity index (χ4n) is 2.68. The van der Waals surface area contributed by atoms with Crippen LogP contribution in [0.25, 0.3) is 10.9 Å². The molecule has 0 aliphatic carbocycles. The third-order valence-corrected chi connectivity index (χ3v) is 4.02. The predicted octanol–water partition coefficient (Wildman–Crippen LogP) is 3.17. The molecule has 1 fully saturated rings. The smallest absolute Gasteiger partial charge is 0.0830 e. The summed E-state index contributed by atoms with van der Waals surface area (Å²) in [6.45, 7) is 4.02. The molecule has 4 nitrogen and oxygen atoms in total. The summed E-state index contributed by atoms with van der Waals surface area (Å²) >= 11 is 6.17. The Morgan fingerprint density at radius 2 is 2.36 bits per heavy atom. The molecular weight excluding hydrogens is 300 g/mol. The number of hydrogen-bond acceptors (Lipinski definition) is 4. The third kappa shape index (κ3) is 4.17. The van der Waals surface area contributed by atoms with E-state index in [-0.39, 0.29) is 0 Å². The predicted molar refractivity (Wildman–Crippen MR) is 88.3 cm³/mol. The third-order valence-electron chi connectivity index (χ3n) is 3.80. The Bertz CT molecular complexity index is 615. The number of benzene rings is 1. The number of aromatic nitrogens is 1. The first kappa shape index (κ1) is 15.7. The highest BCUT2D eigenvalue weighted by molar-refractivity contribution is 6.31. The molecule has 1 aromatic heterocycles. The standard InChI is InChI=1S/C17H21ClN2O2/c18-15-9-13-3-1-6-20-17(13)14(10-15)11-19-5-2-7-22-16-4-8-21-12-16/h1,3,6,9-10,16,19H,2,4-5,7-8,11-12H2/t16-/m0/s1. The maximum Gasteiger partial charge on any atom is 0.0830 e. The molecule has 118 valence electrons. The molecule has 1 aromatic carbocycles. The normalized spacial score (nSPS) is 18.1. The van der Waals surface area contributed by atoms with Crippen molar-refractivity contribution in [3.63, 3.8) is 0 Å². The van der Waals surface area contributed by atoms with Gasteiger partial charge in [0.15, 0.2) is 0 Å². The zero-order valence-corrected chi connectivity index (χ0v) is 13.3. The molecule has 0 amide bonds. The maximum atomic E-state index is 6.17. The summed E-state index contributed by atoms with van der Waals surface area (Å²) in [5.41, 5.74) is 2.15. The van der Waals surface area contributed by atoms with Gasteiger partial charge in [-0.2, -0.15) is 0 Å². The van der Waals surface area contributed by atoms with Gasteiger partial charge in [0.1, 0.15) is 0 Å². The minimum atomic E-state index is 0.293. The number of ether oxygens (including phenoxy) is 2. The van der Waals surface area contributed by atoms with Gasteiger partial charge in [0.2, 0.25) is 0 Å². The molecule has 0 spiro atoms. The Balaban J connectivity index is 1.45. The Hall–Kier alpha value is -1.20. The van der Waals surface area contributed by atoms with Gasteiger partial charge in [-0.05, 0) is 43.1 Å². The maximum absolute atomic E-state index is 6.17. The molecule has 0 bridgehead atoms. The van der Waals surface area contributed by atoms with Crippen molar-refractivity contribution in [2.24, 2.45) is 0 Å². The number of halogens is 1. The Morgan fingerprint density at radius 1 is 1.41 bits per heavy atom. The molecule has 1 atom stereocenters. The summed E-state index contributed by atoms with van der Waals surface area (Å²) < 4.78 is 11.0. The summed E-state index contributed by atoms with van der Waals surface area (Å²) in [6, 6.07) is 7.90. The van der Waals surface area contributed by atoms with Crippen LogP contribution in [0, 0.1) is 0 Å². The van der Waals surface area contributed by atoms with Crippen molar-refractivity contribution in [2.75, 3.05) is 26.4 Å². The van der Waals surface area contributed by atoms with E-state index in [1.807, 2.05) is 30.5 Å². The number of pyridine rings is 1. The lowest BCUT2D eigenvalue weighted by atomic mass is 10.1. The second-order valence-corrected chi connectivity index (χ2v) is 5.96. The van der Waals surface area contributed by atoms with Gasteiger partial charge in [-0.1, -0.05) is 17.7 Å². The van der Waals surface area contributed by atoms with Crippen molar-refractivity contribution < 1.29 is 9.47 Å². The second-order valence-electron chi connectivity index (χ2n) is 5.53. The van der Waals surface area contributed by atoms with E-state index < -0.39 is 0 Å². The monoisotopic (exact) mass is 320 g/mol. The van der Waals surface area contributed by atoms with Crippen molar-refractivity contribution in [1.82, 2.24) is 10.3 Å². The zero-order chi connectivity index (χ0) is 15.2. The molecule has 1 aliphatic rings. The van der Waals surface area contributed by atoms with Gasteiger partial charge in [0.05, 0.1) is 18.2 Å². The van der Waals surface area contributed by atoms with E-state index in [0.717, 1.165) is 67.2 Å². The average molecular weight is 321 g/mol. The number of nitrogens with zero attached hydrogens (tertiary/aromatic N) is 1. The van der Waals surface area contributed by atoms with Crippen molar-refractivity contribution in [1.29, 1.82) is 0 Å². The van der Waals surface area contributed by atoms with Gasteiger partial charge >= 0.3 is 0 Å². The first-order valence-corrected chi connectivity index (χ1v) is 8.14. The number of hydrogen-bond donors (Lipinski definition) is 1. The summed E-state index contributed by atoms with van der Waals surface area (Å²) in [7, 11) is 0. The lowest BCUT2D eigenvalue weighted by Gasteiger charge is -2.11. The minimum Gasteiger partial charge on any atom is -0.379 e. The molecule has 2 heterocycles. The van der Waals surface area contributed by atoms with E-state index in [1.165, 1.54) is 0 Å². The first-order valence-electron chi connectivity index (χ1n) is 7.76. The lowest BCUT2D eigenvalue weighted by Crippen LogP contribution is -2.19. The Labute approximate surface area is 135 Å². The van der Waals surface area contributed by atoms with E-state index in [9.17, 15) is 0 Å². The molecule has 1 saturated heterocycles. The van der Waals surface area contributed by atoms with Gasteiger partial charge < -0.3 is 14.8 Å². The molecule has 1 aliphatic heterocycles.